The molecule has 1 N–H and O–H groups in total. The molecule has 0 bridgehead atoms. The number of hydrogen-bond acceptors (Lipinski definition) is 4. The zero-order chi connectivity index (χ0) is 15.1. The Morgan fingerprint density at radius 2 is 1.76 bits per heavy atom. The van der Waals surface area contributed by atoms with Crippen molar-refractivity contribution in [2.45, 2.75) is 33.7 Å². The minimum absolute atomic E-state index is 0.776. The largest absolute Gasteiger partial charge is 0.325 e. The van der Waals surface area contributed by atoms with Crippen LogP contribution in [-0.4, -0.2) is 23.3 Å². The molecule has 0 saturated carbocycles. The van der Waals surface area contributed by atoms with Gasteiger partial charge in [-0.3, -0.25) is 0 Å². The first-order valence-electron chi connectivity index (χ1n) is 7.62. The van der Waals surface area contributed by atoms with Gasteiger partial charge in [0.05, 0.1) is 5.69 Å². The van der Waals surface area contributed by atoms with Gasteiger partial charge in [-0.1, -0.05) is 24.6 Å². The van der Waals surface area contributed by atoms with E-state index in [4.69, 9.17) is 0 Å². The van der Waals surface area contributed by atoms with E-state index in [0.717, 1.165) is 43.3 Å². The van der Waals surface area contributed by atoms with Gasteiger partial charge in [-0.15, -0.1) is 5.10 Å². The molecule has 4 heteroatoms. The summed E-state index contributed by atoms with van der Waals surface area (Å²) in [6, 6.07) is 12.6. The number of nitrogens with one attached hydrogen (secondary N) is 1. The molecule has 0 aliphatic rings. The molecule has 2 rings (SSSR count). The smallest absolute Gasteiger partial charge is 0.155 e. The van der Waals surface area contributed by atoms with Crippen LogP contribution in [0.4, 0.5) is 11.5 Å². The molecule has 0 radical (unpaired) electrons. The van der Waals surface area contributed by atoms with Gasteiger partial charge in [0.1, 0.15) is 0 Å². The zero-order valence-corrected chi connectivity index (χ0v) is 13.1. The lowest BCUT2D eigenvalue weighted by Gasteiger charge is -2.21. The fourth-order valence-electron chi connectivity index (χ4n) is 2.19. The van der Waals surface area contributed by atoms with Crippen molar-refractivity contribution < 1.29 is 0 Å². The van der Waals surface area contributed by atoms with Crippen molar-refractivity contribution in [3.05, 3.63) is 47.7 Å². The molecular weight excluding hydrogens is 260 g/mol. The maximum absolute atomic E-state index is 4.36. The molecule has 2 aromatic rings. The van der Waals surface area contributed by atoms with E-state index in [9.17, 15) is 0 Å². The highest BCUT2D eigenvalue weighted by atomic mass is 15.3. The van der Waals surface area contributed by atoms with Gasteiger partial charge in [0.15, 0.2) is 5.82 Å². The summed E-state index contributed by atoms with van der Waals surface area (Å²) in [5.41, 5.74) is 3.39. The van der Waals surface area contributed by atoms with Crippen LogP contribution in [0.3, 0.4) is 0 Å². The Hall–Kier alpha value is -1.94. The minimum Gasteiger partial charge on any atom is -0.325 e. The molecule has 0 aliphatic carbocycles. The van der Waals surface area contributed by atoms with Crippen molar-refractivity contribution in [2.75, 3.05) is 18.0 Å². The second kappa shape index (κ2) is 7.74. The third kappa shape index (κ3) is 4.26. The average Bonchev–Trinajstić information content (AvgIpc) is 2.52. The molecule has 1 heterocycles. The first kappa shape index (κ1) is 15.4. The summed E-state index contributed by atoms with van der Waals surface area (Å²) >= 11 is 0. The van der Waals surface area contributed by atoms with E-state index in [1.54, 1.807) is 0 Å². The van der Waals surface area contributed by atoms with E-state index in [0.29, 0.717) is 0 Å². The topological polar surface area (TPSA) is 41.0 Å². The van der Waals surface area contributed by atoms with E-state index in [2.05, 4.69) is 65.5 Å². The molecule has 0 spiro atoms. The highest BCUT2D eigenvalue weighted by Gasteiger charge is 2.09. The van der Waals surface area contributed by atoms with Crippen LogP contribution in [0.15, 0.2) is 36.4 Å². The molecule has 4 nitrogen and oxygen atoms in total. The van der Waals surface area contributed by atoms with Crippen LogP contribution in [-0.2, 0) is 6.54 Å². The summed E-state index contributed by atoms with van der Waals surface area (Å²) < 4.78 is 0. The molecule has 0 fully saturated rings. The van der Waals surface area contributed by atoms with Crippen LogP contribution in [0.1, 0.15) is 31.5 Å². The number of rotatable bonds is 7. The number of aromatic nitrogens is 2. The zero-order valence-electron chi connectivity index (χ0n) is 13.1. The van der Waals surface area contributed by atoms with Crippen molar-refractivity contribution in [1.82, 2.24) is 15.5 Å². The van der Waals surface area contributed by atoms with E-state index >= 15 is 0 Å². The Morgan fingerprint density at radius 3 is 2.33 bits per heavy atom. The maximum Gasteiger partial charge on any atom is 0.155 e. The Labute approximate surface area is 127 Å². The normalized spacial score (nSPS) is 10.6. The number of anilines is 2. The monoisotopic (exact) mass is 284 g/mol. The fourth-order valence-corrected chi connectivity index (χ4v) is 2.19. The van der Waals surface area contributed by atoms with E-state index < -0.39 is 0 Å². The van der Waals surface area contributed by atoms with Crippen LogP contribution in [0.25, 0.3) is 0 Å². The van der Waals surface area contributed by atoms with Crippen molar-refractivity contribution in [1.29, 1.82) is 0 Å². The Morgan fingerprint density at radius 1 is 1.00 bits per heavy atom. The summed E-state index contributed by atoms with van der Waals surface area (Å²) in [6.45, 7) is 9.02. The third-order valence-corrected chi connectivity index (χ3v) is 3.38. The van der Waals surface area contributed by atoms with Crippen LogP contribution < -0.4 is 10.2 Å². The van der Waals surface area contributed by atoms with Gasteiger partial charge in [-0.2, -0.15) is 5.10 Å². The van der Waals surface area contributed by atoms with Crippen LogP contribution in [0, 0.1) is 6.92 Å². The van der Waals surface area contributed by atoms with Crippen molar-refractivity contribution in [2.24, 2.45) is 0 Å². The highest BCUT2D eigenvalue weighted by Crippen LogP contribution is 2.22. The predicted molar refractivity (Wildman–Crippen MR) is 87.9 cm³/mol. The summed E-state index contributed by atoms with van der Waals surface area (Å²) in [6.07, 6.45) is 1.13. The third-order valence-electron chi connectivity index (χ3n) is 3.38. The van der Waals surface area contributed by atoms with Gasteiger partial charge in [0.2, 0.25) is 0 Å². The van der Waals surface area contributed by atoms with Crippen molar-refractivity contribution in [3.63, 3.8) is 0 Å². The molecule has 1 aromatic heterocycles. The summed E-state index contributed by atoms with van der Waals surface area (Å²) in [5.74, 6) is 0.889. The molecule has 112 valence electrons. The standard InChI is InChI=1S/C17H24N4/c1-4-12-18-13-15-8-11-17(20-19-15)21(5-2)16-9-6-14(3)7-10-16/h6-11,18H,4-5,12-13H2,1-3H3. The van der Waals surface area contributed by atoms with Gasteiger partial charge in [-0.25, -0.2) is 0 Å². The second-order valence-electron chi connectivity index (χ2n) is 5.14. The predicted octanol–water partition coefficient (Wildman–Crippen LogP) is 3.44. The average molecular weight is 284 g/mol. The second-order valence-corrected chi connectivity index (χ2v) is 5.14. The molecule has 21 heavy (non-hydrogen) atoms. The molecule has 0 amide bonds. The summed E-state index contributed by atoms with van der Waals surface area (Å²) in [4.78, 5) is 2.16. The quantitative estimate of drug-likeness (QED) is 0.791. The number of hydrogen-bond donors (Lipinski definition) is 1. The number of aryl methyl sites for hydroxylation is 1. The Bertz CT molecular complexity index is 534. The van der Waals surface area contributed by atoms with E-state index in [1.807, 2.05) is 12.1 Å². The molecule has 0 atom stereocenters. The molecule has 0 saturated heterocycles. The van der Waals surface area contributed by atoms with Gasteiger partial charge in [0.25, 0.3) is 0 Å². The SMILES string of the molecule is CCCNCc1ccc(N(CC)c2ccc(C)cc2)nn1. The first-order chi connectivity index (χ1) is 10.2. The highest BCUT2D eigenvalue weighted by molar-refractivity contribution is 5.59. The lowest BCUT2D eigenvalue weighted by atomic mass is 10.2. The lowest BCUT2D eigenvalue weighted by Crippen LogP contribution is -2.19. The van der Waals surface area contributed by atoms with E-state index in [-0.39, 0.29) is 0 Å². The summed E-state index contributed by atoms with van der Waals surface area (Å²) in [5, 5.41) is 12.0. The lowest BCUT2D eigenvalue weighted by molar-refractivity contribution is 0.656. The fraction of sp³-hybridized carbons (Fsp3) is 0.412. The van der Waals surface area contributed by atoms with Gasteiger partial charge < -0.3 is 10.2 Å². The van der Waals surface area contributed by atoms with Crippen LogP contribution >= 0.6 is 0 Å². The molecule has 1 aromatic carbocycles. The molecule has 0 aliphatic heterocycles. The van der Waals surface area contributed by atoms with E-state index in [1.165, 1.54) is 5.56 Å². The van der Waals surface area contributed by atoms with Crippen LogP contribution in [0.2, 0.25) is 0 Å². The maximum atomic E-state index is 4.36. The van der Waals surface area contributed by atoms with Gasteiger partial charge >= 0.3 is 0 Å². The first-order valence-corrected chi connectivity index (χ1v) is 7.62. The number of nitrogens with zero attached hydrogens (tertiary/aromatic N) is 3. The Balaban J connectivity index is 2.09. The molecule has 0 unspecified atom stereocenters. The van der Waals surface area contributed by atoms with Gasteiger partial charge in [-0.05, 0) is 51.1 Å². The Kier molecular flexibility index (Phi) is 5.69. The minimum atomic E-state index is 0.776. The summed E-state index contributed by atoms with van der Waals surface area (Å²) in [7, 11) is 0. The van der Waals surface area contributed by atoms with Crippen molar-refractivity contribution in [3.8, 4) is 0 Å². The molecular formula is C17H24N4. The van der Waals surface area contributed by atoms with Gasteiger partial charge in [0, 0.05) is 18.8 Å². The van der Waals surface area contributed by atoms with Crippen LogP contribution in [0.5, 0.6) is 0 Å². The van der Waals surface area contributed by atoms with Crippen molar-refractivity contribution >= 4 is 11.5 Å². The number of benzene rings is 1.